The first kappa shape index (κ1) is 25.1. The molecule has 3 N–H and O–H groups in total. The van der Waals surface area contributed by atoms with Crippen molar-refractivity contribution in [1.82, 2.24) is 0 Å². The van der Waals surface area contributed by atoms with Crippen LogP contribution in [0.1, 0.15) is 52.9 Å². The third-order valence-electron chi connectivity index (χ3n) is 8.07. The number of ether oxygens (including phenoxy) is 2. The number of aliphatic hydroxyl groups is 3. The SMILES string of the molecule is CC(C)(C)[Si](O[C@H]1[C@H](O)[C@@H](O)[C@H](O)[C@H]2OC3(CCCCC3)O[C@H]21)(c1ccccc1)c1ccccc1. The normalized spacial score (nSPS) is 33.0. The van der Waals surface area contributed by atoms with Crippen LogP contribution in [0.25, 0.3) is 0 Å². The molecule has 5 rings (SSSR count). The monoisotopic (exact) mass is 498 g/mol. The predicted octanol–water partition coefficient (Wildman–Crippen LogP) is 2.47. The first-order chi connectivity index (χ1) is 16.7. The van der Waals surface area contributed by atoms with E-state index in [-0.39, 0.29) is 5.04 Å². The Hall–Kier alpha value is -1.58. The Kier molecular flexibility index (Phi) is 6.72. The summed E-state index contributed by atoms with van der Waals surface area (Å²) < 4.78 is 20.1. The summed E-state index contributed by atoms with van der Waals surface area (Å²) in [6.45, 7) is 6.52. The van der Waals surface area contributed by atoms with Crippen LogP contribution in [0, 0.1) is 0 Å². The largest absolute Gasteiger partial charge is 0.399 e. The van der Waals surface area contributed by atoms with E-state index in [1.165, 1.54) is 0 Å². The number of fused-ring (bicyclic) bond motifs is 1. The van der Waals surface area contributed by atoms with Crippen LogP contribution in [-0.2, 0) is 13.9 Å². The van der Waals surface area contributed by atoms with Crippen molar-refractivity contribution in [1.29, 1.82) is 0 Å². The van der Waals surface area contributed by atoms with E-state index in [1.807, 2.05) is 36.4 Å². The van der Waals surface area contributed by atoms with Gasteiger partial charge in [-0.2, -0.15) is 0 Å². The van der Waals surface area contributed by atoms with Gasteiger partial charge in [-0.3, -0.25) is 0 Å². The van der Waals surface area contributed by atoms with Gasteiger partial charge in [0.25, 0.3) is 8.32 Å². The summed E-state index contributed by atoms with van der Waals surface area (Å²) in [4.78, 5) is 0. The summed E-state index contributed by atoms with van der Waals surface area (Å²) in [7, 11) is -3.04. The smallest absolute Gasteiger partial charge is 0.261 e. The van der Waals surface area contributed by atoms with Crippen LogP contribution < -0.4 is 10.4 Å². The highest BCUT2D eigenvalue weighted by Crippen LogP contribution is 2.47. The third kappa shape index (κ3) is 4.21. The topological polar surface area (TPSA) is 88.4 Å². The molecule has 7 heteroatoms. The lowest BCUT2D eigenvalue weighted by Gasteiger charge is -2.49. The van der Waals surface area contributed by atoms with Crippen LogP contribution in [0.15, 0.2) is 60.7 Å². The van der Waals surface area contributed by atoms with Gasteiger partial charge in [-0.1, -0.05) is 87.9 Å². The van der Waals surface area contributed by atoms with Gasteiger partial charge in [0.2, 0.25) is 0 Å². The molecule has 3 fully saturated rings. The molecular formula is C28H38O6Si. The van der Waals surface area contributed by atoms with E-state index >= 15 is 0 Å². The zero-order chi connectivity index (χ0) is 24.8. The Labute approximate surface area is 209 Å². The Balaban J connectivity index is 1.62. The quantitative estimate of drug-likeness (QED) is 0.562. The number of hydrogen-bond acceptors (Lipinski definition) is 6. The van der Waals surface area contributed by atoms with E-state index in [4.69, 9.17) is 13.9 Å². The fourth-order valence-electron chi connectivity index (χ4n) is 6.32. The van der Waals surface area contributed by atoms with Gasteiger partial charge in [-0.05, 0) is 28.3 Å². The van der Waals surface area contributed by atoms with Gasteiger partial charge in [-0.15, -0.1) is 0 Å². The first-order valence-corrected chi connectivity index (χ1v) is 14.8. The van der Waals surface area contributed by atoms with E-state index in [2.05, 4.69) is 45.0 Å². The summed E-state index contributed by atoms with van der Waals surface area (Å²) in [5.41, 5.74) is 0. The maximum Gasteiger partial charge on any atom is 0.261 e. The Bertz CT molecular complexity index is 948. The van der Waals surface area contributed by atoms with Crippen LogP contribution in [-0.4, -0.2) is 66.0 Å². The van der Waals surface area contributed by atoms with Crippen molar-refractivity contribution in [2.45, 2.75) is 100 Å². The molecule has 0 radical (unpaired) electrons. The summed E-state index contributed by atoms with van der Waals surface area (Å²) in [6, 6.07) is 20.4. The highest BCUT2D eigenvalue weighted by atomic mass is 28.4. The lowest BCUT2D eigenvalue weighted by Crippen LogP contribution is -2.72. The summed E-state index contributed by atoms with van der Waals surface area (Å²) in [6.07, 6.45) is -1.65. The number of hydrogen-bond donors (Lipinski definition) is 3. The highest BCUT2D eigenvalue weighted by Gasteiger charge is 2.63. The van der Waals surface area contributed by atoms with Crippen molar-refractivity contribution in [3.63, 3.8) is 0 Å². The number of aliphatic hydroxyl groups excluding tert-OH is 3. The minimum atomic E-state index is -3.04. The molecule has 2 aromatic rings. The third-order valence-corrected chi connectivity index (χ3v) is 13.1. The minimum absolute atomic E-state index is 0.312. The van der Waals surface area contributed by atoms with Crippen molar-refractivity contribution in [2.24, 2.45) is 0 Å². The molecule has 6 atom stereocenters. The summed E-state index contributed by atoms with van der Waals surface area (Å²) in [5.74, 6) is -0.786. The Morgan fingerprint density at radius 2 is 1.26 bits per heavy atom. The average molecular weight is 499 g/mol. The molecule has 1 saturated heterocycles. The van der Waals surface area contributed by atoms with Gasteiger partial charge < -0.3 is 29.2 Å². The lowest BCUT2D eigenvalue weighted by atomic mass is 9.85. The maximum absolute atomic E-state index is 11.3. The van der Waals surface area contributed by atoms with Crippen LogP contribution >= 0.6 is 0 Å². The Morgan fingerprint density at radius 1 is 0.743 bits per heavy atom. The molecule has 1 aliphatic heterocycles. The van der Waals surface area contributed by atoms with Gasteiger partial charge >= 0.3 is 0 Å². The van der Waals surface area contributed by atoms with Gasteiger partial charge in [0.1, 0.15) is 36.6 Å². The summed E-state index contributed by atoms with van der Waals surface area (Å²) >= 11 is 0. The van der Waals surface area contributed by atoms with Crippen LogP contribution in [0.3, 0.4) is 0 Å². The van der Waals surface area contributed by atoms with Crippen LogP contribution in [0.2, 0.25) is 5.04 Å². The van der Waals surface area contributed by atoms with E-state index in [0.29, 0.717) is 0 Å². The molecule has 2 aromatic carbocycles. The van der Waals surface area contributed by atoms with Crippen molar-refractivity contribution < 1.29 is 29.2 Å². The second kappa shape index (κ2) is 9.38. The molecule has 2 aliphatic carbocycles. The van der Waals surface area contributed by atoms with Gasteiger partial charge in [-0.25, -0.2) is 0 Å². The van der Waals surface area contributed by atoms with Gasteiger partial charge in [0.05, 0.1) is 0 Å². The molecule has 0 unspecified atom stereocenters. The molecule has 2 saturated carbocycles. The number of rotatable bonds is 4. The molecule has 3 aliphatic rings. The second-order valence-corrected chi connectivity index (χ2v) is 15.6. The fraction of sp³-hybridized carbons (Fsp3) is 0.571. The molecule has 1 heterocycles. The van der Waals surface area contributed by atoms with E-state index in [9.17, 15) is 15.3 Å². The lowest BCUT2D eigenvalue weighted by molar-refractivity contribution is -0.202. The predicted molar refractivity (Wildman–Crippen MR) is 136 cm³/mol. The van der Waals surface area contributed by atoms with Crippen molar-refractivity contribution in [2.75, 3.05) is 0 Å². The van der Waals surface area contributed by atoms with Gasteiger partial charge in [0, 0.05) is 12.8 Å². The molecular weight excluding hydrogens is 460 g/mol. The molecule has 0 amide bonds. The molecule has 35 heavy (non-hydrogen) atoms. The molecule has 1 spiro atoms. The Morgan fingerprint density at radius 3 is 1.77 bits per heavy atom. The molecule has 0 aromatic heterocycles. The highest BCUT2D eigenvalue weighted by molar-refractivity contribution is 6.99. The van der Waals surface area contributed by atoms with E-state index in [1.54, 1.807) is 0 Å². The maximum atomic E-state index is 11.3. The standard InChI is InChI=1S/C28H38O6Si/c1-27(2,3)35(19-13-7-4-8-14-19,20-15-9-5-10-16-20)34-25-23(31)21(29)22(30)24-26(25)33-28(32-24)17-11-6-12-18-28/h4-5,7-10,13-16,21-26,29-31H,6,11-12,17-18H2,1-3H3/t21-,22-,23+,24+,25-,26+/m0/s1. The van der Waals surface area contributed by atoms with Crippen LogP contribution in [0.4, 0.5) is 0 Å². The van der Waals surface area contributed by atoms with E-state index < -0.39 is 50.7 Å². The minimum Gasteiger partial charge on any atom is -0.399 e. The summed E-state index contributed by atoms with van der Waals surface area (Å²) in [5, 5.41) is 34.9. The van der Waals surface area contributed by atoms with E-state index in [0.717, 1.165) is 42.5 Å². The second-order valence-electron chi connectivity index (χ2n) is 11.4. The molecule has 6 nitrogen and oxygen atoms in total. The van der Waals surface area contributed by atoms with Crippen molar-refractivity contribution >= 4 is 18.7 Å². The zero-order valence-corrected chi connectivity index (χ0v) is 21.8. The number of benzene rings is 2. The fourth-order valence-corrected chi connectivity index (χ4v) is 11.0. The first-order valence-electron chi connectivity index (χ1n) is 12.9. The van der Waals surface area contributed by atoms with Crippen LogP contribution in [0.5, 0.6) is 0 Å². The van der Waals surface area contributed by atoms with Gasteiger partial charge in [0.15, 0.2) is 5.79 Å². The molecule has 190 valence electrons. The van der Waals surface area contributed by atoms with Crippen molar-refractivity contribution in [3.8, 4) is 0 Å². The molecule has 0 bridgehead atoms. The van der Waals surface area contributed by atoms with Crippen molar-refractivity contribution in [3.05, 3.63) is 60.7 Å². The average Bonchev–Trinajstić information content (AvgIpc) is 3.22. The zero-order valence-electron chi connectivity index (χ0n) is 20.8.